The minimum absolute atomic E-state index is 0.0359. The molecule has 2 aromatic carbocycles. The van der Waals surface area contributed by atoms with Crippen molar-refractivity contribution in [2.24, 2.45) is 0 Å². The summed E-state index contributed by atoms with van der Waals surface area (Å²) in [5.41, 5.74) is 0.986. The Morgan fingerprint density at radius 2 is 1.73 bits per heavy atom. The molecule has 1 N–H and O–H groups in total. The van der Waals surface area contributed by atoms with E-state index in [9.17, 15) is 9.59 Å². The first kappa shape index (κ1) is 24.8. The van der Waals surface area contributed by atoms with E-state index in [1.165, 1.54) is 0 Å². The van der Waals surface area contributed by atoms with Crippen molar-refractivity contribution >= 4 is 51.1 Å². The van der Waals surface area contributed by atoms with Gasteiger partial charge in [-0.2, -0.15) is 0 Å². The maximum Gasteiger partial charge on any atom is 0.242 e. The highest BCUT2D eigenvalue weighted by atomic mass is 79.9. The summed E-state index contributed by atoms with van der Waals surface area (Å²) in [5, 5.41) is 3.68. The number of amides is 2. The van der Waals surface area contributed by atoms with Crippen LogP contribution in [0.4, 0.5) is 0 Å². The predicted molar refractivity (Wildman–Crippen MR) is 129 cm³/mol. The van der Waals surface area contributed by atoms with Crippen LogP contribution in [-0.2, 0) is 16.1 Å². The van der Waals surface area contributed by atoms with Crippen LogP contribution < -0.4 is 5.32 Å². The second-order valence-electron chi connectivity index (χ2n) is 7.19. The van der Waals surface area contributed by atoms with E-state index in [4.69, 9.17) is 11.6 Å². The molecule has 0 bridgehead atoms. The fourth-order valence-electron chi connectivity index (χ4n) is 2.77. The molecule has 30 heavy (non-hydrogen) atoms. The topological polar surface area (TPSA) is 49.4 Å². The molecule has 0 heterocycles. The molecule has 0 aromatic heterocycles. The lowest BCUT2D eigenvalue weighted by Crippen LogP contribution is -2.49. The van der Waals surface area contributed by atoms with Crippen LogP contribution in [-0.4, -0.2) is 34.6 Å². The SMILES string of the molecule is CC[C@@H](C)NC(=O)[C@H](C)N(Cc1ccc(Br)cc1)C(=O)CCSc1ccc(Cl)cc1. The van der Waals surface area contributed by atoms with Gasteiger partial charge in [0.2, 0.25) is 11.8 Å². The first-order valence-electron chi connectivity index (χ1n) is 10.0. The van der Waals surface area contributed by atoms with E-state index in [0.29, 0.717) is 23.7 Å². The van der Waals surface area contributed by atoms with Crippen LogP contribution in [0.2, 0.25) is 5.02 Å². The Balaban J connectivity index is 2.06. The number of halogens is 2. The second kappa shape index (κ2) is 12.4. The monoisotopic (exact) mass is 510 g/mol. The Morgan fingerprint density at radius 1 is 1.10 bits per heavy atom. The average Bonchev–Trinajstić information content (AvgIpc) is 2.74. The van der Waals surface area contributed by atoms with Gasteiger partial charge in [-0.25, -0.2) is 0 Å². The molecule has 2 rings (SSSR count). The van der Waals surface area contributed by atoms with E-state index < -0.39 is 6.04 Å². The molecule has 0 spiro atoms. The van der Waals surface area contributed by atoms with E-state index in [1.807, 2.05) is 62.4 Å². The van der Waals surface area contributed by atoms with E-state index in [-0.39, 0.29) is 17.9 Å². The molecule has 2 aromatic rings. The number of rotatable bonds is 10. The van der Waals surface area contributed by atoms with Gasteiger partial charge in [-0.1, -0.05) is 46.6 Å². The quantitative estimate of drug-likeness (QED) is 0.403. The van der Waals surface area contributed by atoms with Crippen molar-refractivity contribution in [2.45, 2.75) is 57.1 Å². The number of carbonyl (C=O) groups excluding carboxylic acids is 2. The van der Waals surface area contributed by atoms with Crippen LogP contribution in [0.15, 0.2) is 57.9 Å². The van der Waals surface area contributed by atoms with Gasteiger partial charge in [0.25, 0.3) is 0 Å². The van der Waals surface area contributed by atoms with Crippen molar-refractivity contribution in [1.82, 2.24) is 10.2 Å². The first-order chi connectivity index (χ1) is 14.3. The zero-order chi connectivity index (χ0) is 22.1. The van der Waals surface area contributed by atoms with Gasteiger partial charge in [-0.15, -0.1) is 11.8 Å². The Hall–Kier alpha value is -1.50. The van der Waals surface area contributed by atoms with Gasteiger partial charge >= 0.3 is 0 Å². The second-order valence-corrected chi connectivity index (χ2v) is 9.71. The number of nitrogens with one attached hydrogen (secondary N) is 1. The van der Waals surface area contributed by atoms with Crippen LogP contribution in [0, 0.1) is 0 Å². The zero-order valence-corrected chi connectivity index (χ0v) is 20.7. The van der Waals surface area contributed by atoms with Crippen LogP contribution >= 0.6 is 39.3 Å². The standard InChI is InChI=1S/C23H28BrClN2O2S/c1-4-16(2)26-23(29)17(3)27(15-18-5-7-19(24)8-6-18)22(28)13-14-30-21-11-9-20(25)10-12-21/h5-12,16-17H,4,13-15H2,1-3H3,(H,26,29)/t16-,17+/m1/s1. The van der Waals surface area contributed by atoms with Gasteiger partial charge in [-0.05, 0) is 62.2 Å². The van der Waals surface area contributed by atoms with Crippen molar-refractivity contribution < 1.29 is 9.59 Å². The fourth-order valence-corrected chi connectivity index (χ4v) is 4.00. The van der Waals surface area contributed by atoms with E-state index in [2.05, 4.69) is 21.2 Å². The molecule has 7 heteroatoms. The summed E-state index contributed by atoms with van der Waals surface area (Å²) < 4.78 is 0.978. The van der Waals surface area contributed by atoms with E-state index >= 15 is 0 Å². The Bertz CT molecular complexity index is 830. The highest BCUT2D eigenvalue weighted by molar-refractivity contribution is 9.10. The summed E-state index contributed by atoms with van der Waals surface area (Å²) in [6.07, 6.45) is 1.20. The molecule has 2 atom stereocenters. The number of carbonyl (C=O) groups is 2. The minimum atomic E-state index is -0.546. The zero-order valence-electron chi connectivity index (χ0n) is 17.5. The molecular formula is C23H28BrClN2O2S. The number of nitrogens with zero attached hydrogens (tertiary/aromatic N) is 1. The van der Waals surface area contributed by atoms with Gasteiger partial charge in [0.15, 0.2) is 0 Å². The maximum absolute atomic E-state index is 13.1. The number of thioether (sulfide) groups is 1. The highest BCUT2D eigenvalue weighted by Crippen LogP contribution is 2.22. The summed E-state index contributed by atoms with van der Waals surface area (Å²) in [5.74, 6) is 0.475. The third kappa shape index (κ3) is 7.97. The normalized spacial score (nSPS) is 12.8. The highest BCUT2D eigenvalue weighted by Gasteiger charge is 2.26. The van der Waals surface area contributed by atoms with Crippen LogP contribution in [0.1, 0.15) is 39.2 Å². The number of hydrogen-bond acceptors (Lipinski definition) is 3. The third-order valence-corrected chi connectivity index (χ3v) is 6.63. The lowest BCUT2D eigenvalue weighted by atomic mass is 10.1. The average molecular weight is 512 g/mol. The molecule has 0 aliphatic heterocycles. The first-order valence-corrected chi connectivity index (χ1v) is 12.2. The molecule has 0 aliphatic rings. The molecule has 4 nitrogen and oxygen atoms in total. The van der Waals surface area contributed by atoms with Gasteiger partial charge in [0, 0.05) is 39.2 Å². The lowest BCUT2D eigenvalue weighted by molar-refractivity contribution is -0.140. The molecule has 0 saturated heterocycles. The minimum Gasteiger partial charge on any atom is -0.352 e. The van der Waals surface area contributed by atoms with Crippen molar-refractivity contribution in [1.29, 1.82) is 0 Å². The van der Waals surface area contributed by atoms with E-state index in [0.717, 1.165) is 21.4 Å². The third-order valence-electron chi connectivity index (χ3n) is 4.83. The van der Waals surface area contributed by atoms with Gasteiger partial charge in [-0.3, -0.25) is 9.59 Å². The van der Waals surface area contributed by atoms with Gasteiger partial charge < -0.3 is 10.2 Å². The number of benzene rings is 2. The summed E-state index contributed by atoms with van der Waals surface area (Å²) in [7, 11) is 0. The Labute approximate surface area is 196 Å². The van der Waals surface area contributed by atoms with Gasteiger partial charge in [0.1, 0.15) is 6.04 Å². The van der Waals surface area contributed by atoms with Crippen LogP contribution in [0.25, 0.3) is 0 Å². The molecule has 0 unspecified atom stereocenters. The lowest BCUT2D eigenvalue weighted by Gasteiger charge is -2.29. The largest absolute Gasteiger partial charge is 0.352 e. The predicted octanol–water partition coefficient (Wildman–Crippen LogP) is 5.92. The molecule has 2 amide bonds. The smallest absolute Gasteiger partial charge is 0.242 e. The van der Waals surface area contributed by atoms with E-state index in [1.54, 1.807) is 23.6 Å². The summed E-state index contributed by atoms with van der Waals surface area (Å²) >= 11 is 11.0. The molecule has 0 radical (unpaired) electrons. The van der Waals surface area contributed by atoms with Crippen molar-refractivity contribution in [2.75, 3.05) is 5.75 Å². The molecular weight excluding hydrogens is 484 g/mol. The molecule has 0 saturated carbocycles. The maximum atomic E-state index is 13.1. The van der Waals surface area contributed by atoms with Crippen molar-refractivity contribution in [3.05, 3.63) is 63.6 Å². The van der Waals surface area contributed by atoms with Crippen molar-refractivity contribution in [3.8, 4) is 0 Å². The van der Waals surface area contributed by atoms with Crippen molar-refractivity contribution in [3.63, 3.8) is 0 Å². The molecule has 0 aliphatic carbocycles. The van der Waals surface area contributed by atoms with Gasteiger partial charge in [0.05, 0.1) is 0 Å². The summed E-state index contributed by atoms with van der Waals surface area (Å²) in [4.78, 5) is 28.5. The molecule has 0 fully saturated rings. The number of hydrogen-bond donors (Lipinski definition) is 1. The molecule has 162 valence electrons. The summed E-state index contributed by atoms with van der Waals surface area (Å²) in [6, 6.07) is 14.9. The Morgan fingerprint density at radius 3 is 2.33 bits per heavy atom. The van der Waals surface area contributed by atoms with Crippen LogP contribution in [0.3, 0.4) is 0 Å². The van der Waals surface area contributed by atoms with Crippen LogP contribution in [0.5, 0.6) is 0 Å². The fraction of sp³-hybridized carbons (Fsp3) is 0.391. The summed E-state index contributed by atoms with van der Waals surface area (Å²) in [6.45, 7) is 6.18. The Kier molecular flexibility index (Phi) is 10.2.